The summed E-state index contributed by atoms with van der Waals surface area (Å²) in [5, 5.41) is 11.3. The van der Waals surface area contributed by atoms with Crippen molar-refractivity contribution in [3.8, 4) is 5.88 Å². The summed E-state index contributed by atoms with van der Waals surface area (Å²) in [6.45, 7) is 8.57. The Balaban J connectivity index is 2.06. The smallest absolute Gasteiger partial charge is 0.216 e. The molecule has 0 saturated heterocycles. The van der Waals surface area contributed by atoms with Crippen molar-refractivity contribution < 1.29 is 9.15 Å². The molecule has 0 amide bonds. The molecule has 0 atom stereocenters. The molecular formula is C19H31N5O2. The highest BCUT2D eigenvalue weighted by Crippen LogP contribution is 2.22. The Morgan fingerprint density at radius 2 is 2.19 bits per heavy atom. The number of furan rings is 1. The van der Waals surface area contributed by atoms with E-state index in [0.717, 1.165) is 54.8 Å². The molecule has 2 rings (SSSR count). The average Bonchev–Trinajstić information content (AvgIpc) is 3.23. The van der Waals surface area contributed by atoms with Crippen LogP contribution in [0.3, 0.4) is 0 Å². The van der Waals surface area contributed by atoms with Crippen molar-refractivity contribution in [3.63, 3.8) is 0 Å². The molecule has 26 heavy (non-hydrogen) atoms. The molecule has 144 valence electrons. The predicted octanol–water partition coefficient (Wildman–Crippen LogP) is 2.52. The van der Waals surface area contributed by atoms with Gasteiger partial charge in [-0.1, -0.05) is 20.8 Å². The fourth-order valence-corrected chi connectivity index (χ4v) is 2.70. The molecule has 0 bridgehead atoms. The highest BCUT2D eigenvalue weighted by molar-refractivity contribution is 5.79. The van der Waals surface area contributed by atoms with E-state index in [-0.39, 0.29) is 0 Å². The lowest BCUT2D eigenvalue weighted by atomic mass is 10.2. The van der Waals surface area contributed by atoms with Gasteiger partial charge in [-0.2, -0.15) is 5.10 Å². The van der Waals surface area contributed by atoms with Gasteiger partial charge in [0.05, 0.1) is 31.2 Å². The van der Waals surface area contributed by atoms with Crippen LogP contribution in [-0.2, 0) is 26.4 Å². The zero-order valence-electron chi connectivity index (χ0n) is 16.5. The lowest BCUT2D eigenvalue weighted by Crippen LogP contribution is -2.40. The van der Waals surface area contributed by atoms with Gasteiger partial charge in [0, 0.05) is 26.6 Å². The van der Waals surface area contributed by atoms with Gasteiger partial charge in [0.1, 0.15) is 5.76 Å². The van der Waals surface area contributed by atoms with Crippen LogP contribution in [0, 0.1) is 5.92 Å². The largest absolute Gasteiger partial charge is 0.481 e. The first-order valence-electron chi connectivity index (χ1n) is 9.18. The van der Waals surface area contributed by atoms with Crippen LogP contribution in [-0.4, -0.2) is 35.9 Å². The second-order valence-corrected chi connectivity index (χ2v) is 6.61. The number of aliphatic imine (C=N–C) groups is 1. The van der Waals surface area contributed by atoms with E-state index in [4.69, 9.17) is 14.1 Å². The maximum Gasteiger partial charge on any atom is 0.216 e. The van der Waals surface area contributed by atoms with Gasteiger partial charge in [-0.3, -0.25) is 0 Å². The standard InChI is InChI=1S/C19H31N5O2/c1-6-17-16(18(25-5)24(4)23-17)13-22-19(21-12-14(2)3)20-10-9-15-8-7-11-26-15/h7-8,11,14H,6,9-10,12-13H2,1-5H3,(H2,20,21,22). The number of methoxy groups -OCH3 is 1. The summed E-state index contributed by atoms with van der Waals surface area (Å²) < 4.78 is 12.6. The summed E-state index contributed by atoms with van der Waals surface area (Å²) in [5.74, 6) is 3.05. The molecule has 0 aliphatic rings. The van der Waals surface area contributed by atoms with Crippen LogP contribution in [0.5, 0.6) is 5.88 Å². The summed E-state index contributed by atoms with van der Waals surface area (Å²) in [6.07, 6.45) is 3.36. The number of guanidine groups is 1. The lowest BCUT2D eigenvalue weighted by Gasteiger charge is -2.14. The Morgan fingerprint density at radius 1 is 1.38 bits per heavy atom. The van der Waals surface area contributed by atoms with E-state index in [1.165, 1.54) is 0 Å². The highest BCUT2D eigenvalue weighted by Gasteiger charge is 2.15. The van der Waals surface area contributed by atoms with Gasteiger partial charge in [-0.15, -0.1) is 0 Å². The van der Waals surface area contributed by atoms with Gasteiger partial charge in [0.2, 0.25) is 5.88 Å². The third kappa shape index (κ3) is 5.54. The molecule has 0 aliphatic heterocycles. The fourth-order valence-electron chi connectivity index (χ4n) is 2.70. The molecule has 0 saturated carbocycles. The molecule has 2 aromatic rings. The van der Waals surface area contributed by atoms with Crippen LogP contribution < -0.4 is 15.4 Å². The van der Waals surface area contributed by atoms with Crippen LogP contribution in [0.15, 0.2) is 27.8 Å². The van der Waals surface area contributed by atoms with Crippen molar-refractivity contribution in [2.45, 2.75) is 40.2 Å². The molecule has 0 radical (unpaired) electrons. The van der Waals surface area contributed by atoms with Crippen molar-refractivity contribution >= 4 is 5.96 Å². The molecule has 0 fully saturated rings. The Hall–Kier alpha value is -2.44. The Morgan fingerprint density at radius 3 is 2.81 bits per heavy atom. The molecular weight excluding hydrogens is 330 g/mol. The number of nitrogens with zero attached hydrogens (tertiary/aromatic N) is 3. The third-order valence-electron chi connectivity index (χ3n) is 4.02. The van der Waals surface area contributed by atoms with E-state index in [2.05, 4.69) is 36.5 Å². The molecule has 2 heterocycles. The zero-order valence-corrected chi connectivity index (χ0v) is 16.5. The van der Waals surface area contributed by atoms with Gasteiger partial charge in [-0.05, 0) is 24.5 Å². The Bertz CT molecular complexity index is 689. The maximum absolute atomic E-state index is 5.50. The van der Waals surface area contributed by atoms with E-state index in [0.29, 0.717) is 12.5 Å². The van der Waals surface area contributed by atoms with E-state index in [1.807, 2.05) is 19.2 Å². The van der Waals surface area contributed by atoms with Crippen LogP contribution in [0.25, 0.3) is 0 Å². The van der Waals surface area contributed by atoms with Gasteiger partial charge in [-0.25, -0.2) is 9.67 Å². The number of aromatic nitrogens is 2. The van der Waals surface area contributed by atoms with Crippen LogP contribution in [0.4, 0.5) is 0 Å². The molecule has 0 unspecified atom stereocenters. The summed E-state index contributed by atoms with van der Waals surface area (Å²) in [7, 11) is 3.56. The van der Waals surface area contributed by atoms with Crippen LogP contribution >= 0.6 is 0 Å². The number of hydrogen-bond donors (Lipinski definition) is 2. The minimum atomic E-state index is 0.522. The fraction of sp³-hybridized carbons (Fsp3) is 0.579. The highest BCUT2D eigenvalue weighted by atomic mass is 16.5. The number of rotatable bonds is 9. The second kappa shape index (κ2) is 9.89. The Kier molecular flexibility index (Phi) is 7.56. The first-order valence-corrected chi connectivity index (χ1v) is 9.18. The van der Waals surface area contributed by atoms with E-state index >= 15 is 0 Å². The molecule has 7 heteroatoms. The van der Waals surface area contributed by atoms with Crippen molar-refractivity contribution in [2.24, 2.45) is 18.0 Å². The maximum atomic E-state index is 5.50. The number of aryl methyl sites for hydroxylation is 2. The van der Waals surface area contributed by atoms with Gasteiger partial charge < -0.3 is 19.8 Å². The van der Waals surface area contributed by atoms with Crippen LogP contribution in [0.2, 0.25) is 0 Å². The predicted molar refractivity (Wildman–Crippen MR) is 104 cm³/mol. The topological polar surface area (TPSA) is 76.6 Å². The van der Waals surface area contributed by atoms with Gasteiger partial charge >= 0.3 is 0 Å². The second-order valence-electron chi connectivity index (χ2n) is 6.61. The quantitative estimate of drug-likeness (QED) is 0.530. The summed E-state index contributed by atoms with van der Waals surface area (Å²) in [4.78, 5) is 4.75. The molecule has 7 nitrogen and oxygen atoms in total. The van der Waals surface area contributed by atoms with Crippen LogP contribution in [0.1, 0.15) is 37.8 Å². The summed E-state index contributed by atoms with van der Waals surface area (Å²) >= 11 is 0. The van der Waals surface area contributed by atoms with Crippen molar-refractivity contribution in [1.82, 2.24) is 20.4 Å². The first kappa shape index (κ1) is 19.9. The normalized spacial score (nSPS) is 11.8. The summed E-state index contributed by atoms with van der Waals surface area (Å²) in [5.41, 5.74) is 2.06. The average molecular weight is 361 g/mol. The van der Waals surface area contributed by atoms with Crippen molar-refractivity contribution in [1.29, 1.82) is 0 Å². The summed E-state index contributed by atoms with van der Waals surface area (Å²) in [6, 6.07) is 3.89. The molecule has 0 aromatic carbocycles. The lowest BCUT2D eigenvalue weighted by molar-refractivity contribution is 0.369. The molecule has 0 spiro atoms. The van der Waals surface area contributed by atoms with Crippen molar-refractivity contribution in [3.05, 3.63) is 35.4 Å². The number of ether oxygens (including phenoxy) is 1. The van der Waals surface area contributed by atoms with Crippen molar-refractivity contribution in [2.75, 3.05) is 20.2 Å². The number of hydrogen-bond acceptors (Lipinski definition) is 4. The number of nitrogens with one attached hydrogen (secondary N) is 2. The Labute approximate surface area is 155 Å². The monoisotopic (exact) mass is 361 g/mol. The van der Waals surface area contributed by atoms with E-state index in [9.17, 15) is 0 Å². The van der Waals surface area contributed by atoms with Gasteiger partial charge in [0.25, 0.3) is 0 Å². The minimum Gasteiger partial charge on any atom is -0.481 e. The minimum absolute atomic E-state index is 0.522. The molecule has 0 aliphatic carbocycles. The first-order chi connectivity index (χ1) is 12.5. The van der Waals surface area contributed by atoms with Gasteiger partial charge in [0.15, 0.2) is 5.96 Å². The zero-order chi connectivity index (χ0) is 18.9. The molecule has 2 aromatic heterocycles. The SMILES string of the molecule is CCc1nn(C)c(OC)c1CN=C(NCCc1ccco1)NCC(C)C. The molecule has 2 N–H and O–H groups in total. The third-order valence-corrected chi connectivity index (χ3v) is 4.02. The van der Waals surface area contributed by atoms with E-state index in [1.54, 1.807) is 18.1 Å². The van der Waals surface area contributed by atoms with E-state index < -0.39 is 0 Å².